The Morgan fingerprint density at radius 2 is 1.80 bits per heavy atom. The molecule has 2 unspecified atom stereocenters. The van der Waals surface area contributed by atoms with Crippen LogP contribution in [0.5, 0.6) is 5.75 Å². The van der Waals surface area contributed by atoms with Gasteiger partial charge in [-0.2, -0.15) is 0 Å². The maximum Gasteiger partial charge on any atom is 0.137 e. The number of fused-ring (bicyclic) bond motifs is 4. The molecule has 4 nitrogen and oxygen atoms in total. The maximum atomic E-state index is 14.0. The number of benzene rings is 3. The van der Waals surface area contributed by atoms with Crippen LogP contribution in [0, 0.1) is 0 Å². The number of hydrogen-bond donors (Lipinski definition) is 1. The van der Waals surface area contributed by atoms with Crippen LogP contribution in [0.1, 0.15) is 37.6 Å². The minimum Gasteiger partial charge on any atom is -0.493 e. The van der Waals surface area contributed by atoms with Crippen molar-refractivity contribution in [2.75, 3.05) is 13.2 Å². The Balaban J connectivity index is 1.62. The van der Waals surface area contributed by atoms with Crippen LogP contribution in [0.15, 0.2) is 65.6 Å². The van der Waals surface area contributed by atoms with Crippen LogP contribution in [0.3, 0.4) is 0 Å². The van der Waals surface area contributed by atoms with E-state index in [0.717, 1.165) is 40.6 Å². The van der Waals surface area contributed by atoms with Gasteiger partial charge in [-0.25, -0.2) is 8.51 Å². The van der Waals surface area contributed by atoms with E-state index in [1.54, 1.807) is 0 Å². The highest BCUT2D eigenvalue weighted by molar-refractivity contribution is 7.83. The highest BCUT2D eigenvalue weighted by atomic mass is 32.2. The Hall–Kier alpha value is -2.63. The van der Waals surface area contributed by atoms with E-state index in [0.29, 0.717) is 12.4 Å². The number of H-pyrrole nitrogens is 1. The van der Waals surface area contributed by atoms with Gasteiger partial charge in [0.1, 0.15) is 21.6 Å². The summed E-state index contributed by atoms with van der Waals surface area (Å²) in [5.74, 6) is 0.715. The molecule has 3 aromatic carbocycles. The Morgan fingerprint density at radius 3 is 2.60 bits per heavy atom. The van der Waals surface area contributed by atoms with Crippen LogP contribution in [-0.4, -0.2) is 26.6 Å². The first-order chi connectivity index (χ1) is 14.7. The predicted octanol–water partition coefficient (Wildman–Crippen LogP) is 5.75. The van der Waals surface area contributed by atoms with Gasteiger partial charge in [0.15, 0.2) is 0 Å². The molecule has 1 aliphatic rings. The average Bonchev–Trinajstić information content (AvgIpc) is 3.17. The van der Waals surface area contributed by atoms with Crippen molar-refractivity contribution < 1.29 is 8.95 Å². The first-order valence-corrected chi connectivity index (χ1v) is 11.8. The summed E-state index contributed by atoms with van der Waals surface area (Å²) in [5.41, 5.74) is 3.74. The van der Waals surface area contributed by atoms with Crippen molar-refractivity contribution in [3.05, 3.63) is 71.9 Å². The molecule has 30 heavy (non-hydrogen) atoms. The average molecular weight is 419 g/mol. The van der Waals surface area contributed by atoms with Gasteiger partial charge in [-0.05, 0) is 42.8 Å². The summed E-state index contributed by atoms with van der Waals surface area (Å²) in [6.07, 6.45) is 1.77. The van der Waals surface area contributed by atoms with E-state index < -0.39 is 11.0 Å². The van der Waals surface area contributed by atoms with Gasteiger partial charge in [0.2, 0.25) is 0 Å². The van der Waals surface area contributed by atoms with Crippen LogP contribution in [0.2, 0.25) is 0 Å². The molecule has 5 heteroatoms. The lowest BCUT2D eigenvalue weighted by molar-refractivity contribution is 0.308. The topological polar surface area (TPSA) is 45.3 Å². The summed E-state index contributed by atoms with van der Waals surface area (Å²) in [6, 6.07) is 20.7. The van der Waals surface area contributed by atoms with E-state index in [1.165, 1.54) is 16.6 Å². The number of hydrogen-bond acceptors (Lipinski definition) is 2. The van der Waals surface area contributed by atoms with Crippen molar-refractivity contribution in [1.82, 2.24) is 9.29 Å². The molecule has 4 aromatic rings. The smallest absolute Gasteiger partial charge is 0.137 e. The van der Waals surface area contributed by atoms with Crippen molar-refractivity contribution in [2.24, 2.45) is 0 Å². The van der Waals surface area contributed by atoms with E-state index >= 15 is 0 Å². The van der Waals surface area contributed by atoms with Crippen LogP contribution < -0.4 is 4.74 Å². The third-order valence-electron chi connectivity index (χ3n) is 6.03. The van der Waals surface area contributed by atoms with Gasteiger partial charge in [0, 0.05) is 28.5 Å². The summed E-state index contributed by atoms with van der Waals surface area (Å²) < 4.78 is 22.1. The predicted molar refractivity (Wildman–Crippen MR) is 123 cm³/mol. The molecule has 0 radical (unpaired) electrons. The highest BCUT2D eigenvalue weighted by Gasteiger charge is 2.34. The van der Waals surface area contributed by atoms with Gasteiger partial charge in [-0.15, -0.1) is 0 Å². The SMILES string of the molecule is CCOc1ccc2ccccc2c1S(=O)N1CCc2c([nH]c3ccccc23)C1CC. The second kappa shape index (κ2) is 7.89. The first kappa shape index (κ1) is 19.3. The zero-order valence-corrected chi connectivity index (χ0v) is 18.2. The number of rotatable bonds is 5. The fourth-order valence-electron chi connectivity index (χ4n) is 4.69. The third-order valence-corrected chi connectivity index (χ3v) is 7.66. The molecule has 0 bridgehead atoms. The second-order valence-electron chi connectivity index (χ2n) is 7.67. The number of nitrogens with zero attached hydrogens (tertiary/aromatic N) is 1. The largest absolute Gasteiger partial charge is 0.493 e. The molecule has 0 saturated heterocycles. The molecule has 1 aromatic heterocycles. The van der Waals surface area contributed by atoms with Crippen molar-refractivity contribution in [1.29, 1.82) is 0 Å². The molecule has 2 atom stereocenters. The highest BCUT2D eigenvalue weighted by Crippen LogP contribution is 2.40. The third kappa shape index (κ3) is 3.04. The standard InChI is InChI=1S/C25H26N2O2S/c1-3-22-24-20(19-11-7-8-12-21(19)26-24)15-16-27(22)30(28)25-18-10-6-5-9-17(18)13-14-23(25)29-4-2/h5-14,22,26H,3-4,15-16H2,1-2H3. The summed E-state index contributed by atoms with van der Waals surface area (Å²) in [6.45, 7) is 5.44. The molecule has 0 saturated carbocycles. The van der Waals surface area contributed by atoms with E-state index in [-0.39, 0.29) is 6.04 Å². The van der Waals surface area contributed by atoms with Crippen LogP contribution in [0.4, 0.5) is 0 Å². The molecule has 0 aliphatic carbocycles. The van der Waals surface area contributed by atoms with E-state index in [9.17, 15) is 4.21 Å². The van der Waals surface area contributed by atoms with E-state index in [4.69, 9.17) is 4.74 Å². The Labute approximate surface area is 179 Å². The maximum absolute atomic E-state index is 14.0. The van der Waals surface area contributed by atoms with Gasteiger partial charge >= 0.3 is 0 Å². The molecular weight excluding hydrogens is 392 g/mol. The lowest BCUT2D eigenvalue weighted by Gasteiger charge is -2.34. The Kier molecular flexibility index (Phi) is 5.09. The number of ether oxygens (including phenoxy) is 1. The Bertz CT molecular complexity index is 1250. The number of nitrogens with one attached hydrogen (secondary N) is 1. The summed E-state index contributed by atoms with van der Waals surface area (Å²) in [5, 5.41) is 3.37. The second-order valence-corrected chi connectivity index (χ2v) is 9.05. The molecule has 1 aliphatic heterocycles. The van der Waals surface area contributed by atoms with Gasteiger partial charge < -0.3 is 9.72 Å². The van der Waals surface area contributed by atoms with Crippen molar-refractivity contribution in [3.63, 3.8) is 0 Å². The van der Waals surface area contributed by atoms with E-state index in [2.05, 4.69) is 46.5 Å². The summed E-state index contributed by atoms with van der Waals surface area (Å²) in [4.78, 5) is 4.41. The van der Waals surface area contributed by atoms with Crippen molar-refractivity contribution in [2.45, 2.75) is 37.6 Å². The van der Waals surface area contributed by atoms with Crippen molar-refractivity contribution >= 4 is 32.7 Å². The lowest BCUT2D eigenvalue weighted by Crippen LogP contribution is -2.36. The molecule has 0 amide bonds. The Morgan fingerprint density at radius 1 is 1.03 bits per heavy atom. The molecule has 1 N–H and O–H groups in total. The minimum atomic E-state index is -1.33. The summed E-state index contributed by atoms with van der Waals surface area (Å²) >= 11 is 0. The first-order valence-electron chi connectivity index (χ1n) is 10.7. The molecule has 0 fully saturated rings. The van der Waals surface area contributed by atoms with Gasteiger partial charge in [-0.1, -0.05) is 55.5 Å². The van der Waals surface area contributed by atoms with Crippen LogP contribution in [-0.2, 0) is 17.4 Å². The monoisotopic (exact) mass is 418 g/mol. The molecule has 5 rings (SSSR count). The quantitative estimate of drug-likeness (QED) is 0.448. The van der Waals surface area contributed by atoms with Gasteiger partial charge in [0.05, 0.1) is 12.6 Å². The molecule has 2 heterocycles. The zero-order valence-electron chi connectivity index (χ0n) is 17.4. The number of para-hydroxylation sites is 1. The van der Waals surface area contributed by atoms with Gasteiger partial charge in [0.25, 0.3) is 0 Å². The number of aromatic nitrogens is 1. The lowest BCUT2D eigenvalue weighted by atomic mass is 9.98. The zero-order chi connectivity index (χ0) is 20.7. The molecule has 0 spiro atoms. The molecular formula is C25H26N2O2S. The molecule has 154 valence electrons. The normalized spacial score (nSPS) is 17.9. The fourth-order valence-corrected chi connectivity index (χ4v) is 6.34. The van der Waals surface area contributed by atoms with Crippen molar-refractivity contribution in [3.8, 4) is 5.75 Å². The van der Waals surface area contributed by atoms with Crippen LogP contribution >= 0.6 is 0 Å². The fraction of sp³-hybridized carbons (Fsp3) is 0.280. The minimum absolute atomic E-state index is 0.0791. The summed E-state index contributed by atoms with van der Waals surface area (Å²) in [7, 11) is -1.33. The number of aromatic amines is 1. The van der Waals surface area contributed by atoms with Gasteiger partial charge in [-0.3, -0.25) is 0 Å². The van der Waals surface area contributed by atoms with Crippen LogP contribution in [0.25, 0.3) is 21.7 Å². The van der Waals surface area contributed by atoms with E-state index in [1.807, 2.05) is 37.3 Å².